The van der Waals surface area contributed by atoms with Crippen molar-refractivity contribution in [2.45, 2.75) is 76.5 Å². The molecule has 19 heavy (non-hydrogen) atoms. The van der Waals surface area contributed by atoms with Crippen molar-refractivity contribution >= 4 is 5.91 Å². The molecule has 0 spiro atoms. The van der Waals surface area contributed by atoms with Crippen LogP contribution in [0.4, 0.5) is 0 Å². The minimum Gasteiger partial charge on any atom is -0.389 e. The van der Waals surface area contributed by atoms with Crippen molar-refractivity contribution in [3.63, 3.8) is 0 Å². The van der Waals surface area contributed by atoms with Crippen LogP contribution in [0.3, 0.4) is 0 Å². The van der Waals surface area contributed by atoms with Crippen LogP contribution in [0, 0.1) is 5.92 Å². The summed E-state index contributed by atoms with van der Waals surface area (Å²) >= 11 is 0. The zero-order valence-electron chi connectivity index (χ0n) is 12.2. The smallest absolute Gasteiger partial charge is 0.237 e. The Morgan fingerprint density at radius 3 is 2.47 bits per heavy atom. The van der Waals surface area contributed by atoms with Gasteiger partial charge in [-0.05, 0) is 51.4 Å². The summed E-state index contributed by atoms with van der Waals surface area (Å²) in [5, 5.41) is 16.7. The highest BCUT2D eigenvalue weighted by Crippen LogP contribution is 2.33. The van der Waals surface area contributed by atoms with E-state index in [9.17, 15) is 9.90 Å². The molecule has 2 fully saturated rings. The standard InChI is InChI=1S/C15H28N2O2/c1-3-12-6-8-15(19,9-7-12)10-16-11(2)14(18)17-13-4-5-13/h11-13,16,19H,3-10H2,1-2H3,(H,17,18). The molecule has 0 radical (unpaired) electrons. The normalized spacial score (nSPS) is 32.9. The molecule has 2 saturated carbocycles. The first kappa shape index (κ1) is 14.8. The molecule has 1 amide bonds. The Morgan fingerprint density at radius 1 is 1.32 bits per heavy atom. The van der Waals surface area contributed by atoms with E-state index in [-0.39, 0.29) is 11.9 Å². The van der Waals surface area contributed by atoms with Crippen molar-refractivity contribution in [2.75, 3.05) is 6.54 Å². The zero-order chi connectivity index (χ0) is 13.9. The van der Waals surface area contributed by atoms with Crippen LogP contribution in [0.2, 0.25) is 0 Å². The van der Waals surface area contributed by atoms with Crippen LogP contribution < -0.4 is 10.6 Å². The van der Waals surface area contributed by atoms with Gasteiger partial charge in [0.1, 0.15) is 0 Å². The molecule has 1 unspecified atom stereocenters. The van der Waals surface area contributed by atoms with E-state index in [4.69, 9.17) is 0 Å². The molecule has 4 nitrogen and oxygen atoms in total. The lowest BCUT2D eigenvalue weighted by molar-refractivity contribution is -0.123. The predicted molar refractivity (Wildman–Crippen MR) is 75.8 cm³/mol. The van der Waals surface area contributed by atoms with Gasteiger partial charge < -0.3 is 15.7 Å². The van der Waals surface area contributed by atoms with E-state index in [1.165, 1.54) is 6.42 Å². The highest BCUT2D eigenvalue weighted by atomic mass is 16.3. The van der Waals surface area contributed by atoms with Crippen molar-refractivity contribution in [1.29, 1.82) is 0 Å². The number of amides is 1. The molecule has 0 heterocycles. The number of carbonyl (C=O) groups excluding carboxylic acids is 1. The predicted octanol–water partition coefficient (Wildman–Crippen LogP) is 1.57. The van der Waals surface area contributed by atoms with E-state index in [0.717, 1.165) is 44.4 Å². The summed E-state index contributed by atoms with van der Waals surface area (Å²) < 4.78 is 0. The lowest BCUT2D eigenvalue weighted by atomic mass is 9.78. The first-order valence-electron chi connectivity index (χ1n) is 7.78. The van der Waals surface area contributed by atoms with Crippen LogP contribution >= 0.6 is 0 Å². The van der Waals surface area contributed by atoms with E-state index in [2.05, 4.69) is 17.6 Å². The molecular weight excluding hydrogens is 240 g/mol. The molecule has 2 rings (SSSR count). The quantitative estimate of drug-likeness (QED) is 0.685. The molecular formula is C15H28N2O2. The Kier molecular flexibility index (Phi) is 4.85. The van der Waals surface area contributed by atoms with Gasteiger partial charge in [-0.1, -0.05) is 13.3 Å². The molecule has 1 atom stereocenters. The van der Waals surface area contributed by atoms with Gasteiger partial charge >= 0.3 is 0 Å². The molecule has 0 aliphatic heterocycles. The van der Waals surface area contributed by atoms with E-state index < -0.39 is 5.60 Å². The lowest BCUT2D eigenvalue weighted by Crippen LogP contribution is -2.50. The first-order chi connectivity index (χ1) is 9.02. The van der Waals surface area contributed by atoms with E-state index in [1.807, 2.05) is 6.92 Å². The Hall–Kier alpha value is -0.610. The number of hydrogen-bond donors (Lipinski definition) is 3. The summed E-state index contributed by atoms with van der Waals surface area (Å²) in [7, 11) is 0. The van der Waals surface area contributed by atoms with Crippen LogP contribution in [0.15, 0.2) is 0 Å². The van der Waals surface area contributed by atoms with Gasteiger partial charge in [0.05, 0.1) is 11.6 Å². The van der Waals surface area contributed by atoms with E-state index >= 15 is 0 Å². The maximum atomic E-state index is 11.8. The first-order valence-corrected chi connectivity index (χ1v) is 7.78. The average molecular weight is 268 g/mol. The maximum Gasteiger partial charge on any atom is 0.237 e. The summed E-state index contributed by atoms with van der Waals surface area (Å²) in [6, 6.07) is 0.188. The van der Waals surface area contributed by atoms with Crippen LogP contribution in [-0.2, 0) is 4.79 Å². The molecule has 0 aromatic rings. The molecule has 3 N–H and O–H groups in total. The Labute approximate surface area is 116 Å². The van der Waals surface area contributed by atoms with Crippen LogP contribution in [0.5, 0.6) is 0 Å². The molecule has 2 aliphatic rings. The molecule has 0 saturated heterocycles. The van der Waals surface area contributed by atoms with Gasteiger partial charge in [0.15, 0.2) is 0 Å². The van der Waals surface area contributed by atoms with Gasteiger partial charge in [0.2, 0.25) is 5.91 Å². The van der Waals surface area contributed by atoms with Crippen molar-refractivity contribution in [3.8, 4) is 0 Å². The van der Waals surface area contributed by atoms with Crippen molar-refractivity contribution < 1.29 is 9.90 Å². The van der Waals surface area contributed by atoms with Crippen molar-refractivity contribution in [2.24, 2.45) is 5.92 Å². The van der Waals surface area contributed by atoms with Gasteiger partial charge in [-0.2, -0.15) is 0 Å². The molecule has 0 bridgehead atoms. The van der Waals surface area contributed by atoms with Gasteiger partial charge in [-0.3, -0.25) is 4.79 Å². The van der Waals surface area contributed by atoms with Gasteiger partial charge in [-0.15, -0.1) is 0 Å². The minimum atomic E-state index is -0.611. The molecule has 2 aliphatic carbocycles. The number of nitrogens with one attached hydrogen (secondary N) is 2. The second-order valence-corrected chi connectivity index (χ2v) is 6.46. The Balaban J connectivity index is 1.70. The van der Waals surface area contributed by atoms with Gasteiger partial charge in [0, 0.05) is 12.6 Å². The Morgan fingerprint density at radius 2 is 1.95 bits per heavy atom. The average Bonchev–Trinajstić information content (AvgIpc) is 3.21. The number of rotatable bonds is 6. The third-order valence-corrected chi connectivity index (χ3v) is 4.67. The Bertz CT molecular complexity index is 307. The molecule has 0 aromatic heterocycles. The van der Waals surface area contributed by atoms with Gasteiger partial charge in [0.25, 0.3) is 0 Å². The SMILES string of the molecule is CCC1CCC(O)(CNC(C)C(=O)NC2CC2)CC1. The summed E-state index contributed by atoms with van der Waals surface area (Å²) in [6.07, 6.45) is 7.37. The zero-order valence-corrected chi connectivity index (χ0v) is 12.2. The van der Waals surface area contributed by atoms with Crippen LogP contribution in [-0.4, -0.2) is 35.2 Å². The fourth-order valence-corrected chi connectivity index (χ4v) is 2.79. The molecule has 110 valence electrons. The summed E-state index contributed by atoms with van der Waals surface area (Å²) in [5.41, 5.74) is -0.611. The summed E-state index contributed by atoms with van der Waals surface area (Å²) in [6.45, 7) is 4.62. The molecule has 0 aromatic carbocycles. The van der Waals surface area contributed by atoms with Crippen LogP contribution in [0.25, 0.3) is 0 Å². The van der Waals surface area contributed by atoms with E-state index in [0.29, 0.717) is 12.6 Å². The highest BCUT2D eigenvalue weighted by molar-refractivity contribution is 5.81. The second-order valence-electron chi connectivity index (χ2n) is 6.46. The fraction of sp³-hybridized carbons (Fsp3) is 0.933. The van der Waals surface area contributed by atoms with Crippen molar-refractivity contribution in [3.05, 3.63) is 0 Å². The number of carbonyl (C=O) groups is 1. The lowest BCUT2D eigenvalue weighted by Gasteiger charge is -2.36. The second kappa shape index (κ2) is 6.23. The van der Waals surface area contributed by atoms with Gasteiger partial charge in [-0.25, -0.2) is 0 Å². The third-order valence-electron chi connectivity index (χ3n) is 4.67. The summed E-state index contributed by atoms with van der Waals surface area (Å²) in [5.74, 6) is 0.837. The topological polar surface area (TPSA) is 61.4 Å². The van der Waals surface area contributed by atoms with Crippen molar-refractivity contribution in [1.82, 2.24) is 10.6 Å². The maximum absolute atomic E-state index is 11.8. The number of hydrogen-bond acceptors (Lipinski definition) is 3. The monoisotopic (exact) mass is 268 g/mol. The summed E-state index contributed by atoms with van der Waals surface area (Å²) in [4.78, 5) is 11.8. The molecule has 4 heteroatoms. The minimum absolute atomic E-state index is 0.0633. The largest absolute Gasteiger partial charge is 0.389 e. The van der Waals surface area contributed by atoms with E-state index in [1.54, 1.807) is 0 Å². The van der Waals surface area contributed by atoms with Crippen LogP contribution in [0.1, 0.15) is 58.8 Å². The highest BCUT2D eigenvalue weighted by Gasteiger charge is 2.33. The third kappa shape index (κ3) is 4.46. The number of aliphatic hydroxyl groups is 1. The fourth-order valence-electron chi connectivity index (χ4n) is 2.79.